The molecular formula is C24H27FN2O2. The highest BCUT2D eigenvalue weighted by molar-refractivity contribution is 5.82. The molecule has 2 aromatic rings. The second-order valence-corrected chi connectivity index (χ2v) is 8.68. The van der Waals surface area contributed by atoms with Gasteiger partial charge in [-0.2, -0.15) is 0 Å². The van der Waals surface area contributed by atoms with E-state index >= 15 is 0 Å². The molecule has 29 heavy (non-hydrogen) atoms. The Morgan fingerprint density at radius 2 is 1.76 bits per heavy atom. The molecule has 2 bridgehead atoms. The number of nitrogens with zero attached hydrogens (tertiary/aromatic N) is 2. The highest BCUT2D eigenvalue weighted by atomic mass is 19.1. The quantitative estimate of drug-likeness (QED) is 0.870. The zero-order valence-corrected chi connectivity index (χ0v) is 16.5. The normalized spacial score (nSPS) is 29.4. The predicted molar refractivity (Wildman–Crippen MR) is 109 cm³/mol. The SMILES string of the molecule is O=C([C@@H](O)C1CN2CCC1CC2)N1CCc2ccccc2[C@@H]1c1ccc(F)cc1. The molecule has 0 spiro atoms. The van der Waals surface area contributed by atoms with Crippen molar-refractivity contribution in [3.8, 4) is 0 Å². The molecule has 0 aliphatic carbocycles. The molecule has 2 aromatic carbocycles. The van der Waals surface area contributed by atoms with Crippen molar-refractivity contribution in [3.63, 3.8) is 0 Å². The van der Waals surface area contributed by atoms with Crippen LogP contribution < -0.4 is 0 Å². The molecule has 6 rings (SSSR count). The molecule has 1 N–H and O–H groups in total. The van der Waals surface area contributed by atoms with E-state index in [0.717, 1.165) is 50.0 Å². The van der Waals surface area contributed by atoms with E-state index in [1.54, 1.807) is 12.1 Å². The zero-order valence-electron chi connectivity index (χ0n) is 16.5. The third-order valence-corrected chi connectivity index (χ3v) is 7.12. The highest BCUT2D eigenvalue weighted by Gasteiger charge is 2.43. The fourth-order valence-corrected chi connectivity index (χ4v) is 5.53. The fourth-order valence-electron chi connectivity index (χ4n) is 5.53. The number of benzene rings is 2. The van der Waals surface area contributed by atoms with Crippen LogP contribution in [0.15, 0.2) is 48.5 Å². The Kier molecular flexibility index (Phi) is 4.88. The second-order valence-electron chi connectivity index (χ2n) is 8.68. The average molecular weight is 394 g/mol. The number of carbonyl (C=O) groups is 1. The lowest BCUT2D eigenvalue weighted by atomic mass is 9.75. The molecule has 1 amide bonds. The van der Waals surface area contributed by atoms with E-state index in [-0.39, 0.29) is 23.7 Å². The summed E-state index contributed by atoms with van der Waals surface area (Å²) in [5.74, 6) is -0.0352. The molecule has 3 saturated heterocycles. The summed E-state index contributed by atoms with van der Waals surface area (Å²) < 4.78 is 13.5. The van der Waals surface area contributed by atoms with E-state index in [0.29, 0.717) is 12.5 Å². The summed E-state index contributed by atoms with van der Waals surface area (Å²) in [5.41, 5.74) is 3.16. The van der Waals surface area contributed by atoms with E-state index in [9.17, 15) is 14.3 Å². The van der Waals surface area contributed by atoms with Crippen LogP contribution in [0.4, 0.5) is 4.39 Å². The Morgan fingerprint density at radius 3 is 2.45 bits per heavy atom. The number of halogens is 1. The third kappa shape index (κ3) is 3.36. The lowest BCUT2D eigenvalue weighted by molar-refractivity contribution is -0.150. The van der Waals surface area contributed by atoms with Crippen molar-refractivity contribution in [1.82, 2.24) is 9.80 Å². The van der Waals surface area contributed by atoms with Gasteiger partial charge in [0, 0.05) is 19.0 Å². The van der Waals surface area contributed by atoms with Gasteiger partial charge in [-0.1, -0.05) is 36.4 Å². The topological polar surface area (TPSA) is 43.8 Å². The Bertz CT molecular complexity index is 892. The first-order valence-corrected chi connectivity index (χ1v) is 10.7. The van der Waals surface area contributed by atoms with Crippen LogP contribution in [0.3, 0.4) is 0 Å². The van der Waals surface area contributed by atoms with Gasteiger partial charge in [0.2, 0.25) is 0 Å². The molecular weight excluding hydrogens is 367 g/mol. The van der Waals surface area contributed by atoms with Gasteiger partial charge < -0.3 is 14.9 Å². The number of hydrogen-bond acceptors (Lipinski definition) is 3. The second kappa shape index (κ2) is 7.54. The zero-order chi connectivity index (χ0) is 20.0. The van der Waals surface area contributed by atoms with E-state index in [2.05, 4.69) is 11.0 Å². The number of amides is 1. The summed E-state index contributed by atoms with van der Waals surface area (Å²) >= 11 is 0. The Labute approximate surface area is 170 Å². The van der Waals surface area contributed by atoms with Gasteiger partial charge in [-0.3, -0.25) is 4.79 Å². The van der Waals surface area contributed by atoms with Crippen molar-refractivity contribution in [2.75, 3.05) is 26.2 Å². The number of piperidine rings is 3. The van der Waals surface area contributed by atoms with Crippen molar-refractivity contribution in [3.05, 3.63) is 71.0 Å². The molecule has 4 heterocycles. The maximum absolute atomic E-state index is 13.5. The van der Waals surface area contributed by atoms with E-state index in [4.69, 9.17) is 0 Å². The van der Waals surface area contributed by atoms with Gasteiger partial charge in [0.1, 0.15) is 11.9 Å². The van der Waals surface area contributed by atoms with E-state index in [1.807, 2.05) is 23.1 Å². The van der Waals surface area contributed by atoms with Crippen LogP contribution in [0.25, 0.3) is 0 Å². The minimum Gasteiger partial charge on any atom is -0.383 e. The van der Waals surface area contributed by atoms with Crippen LogP contribution in [-0.4, -0.2) is 53.1 Å². The summed E-state index contributed by atoms with van der Waals surface area (Å²) in [7, 11) is 0. The van der Waals surface area contributed by atoms with E-state index < -0.39 is 6.10 Å². The predicted octanol–water partition coefficient (Wildman–Crippen LogP) is 3.00. The van der Waals surface area contributed by atoms with Crippen LogP contribution in [0.1, 0.15) is 35.6 Å². The van der Waals surface area contributed by atoms with Crippen LogP contribution >= 0.6 is 0 Å². The summed E-state index contributed by atoms with van der Waals surface area (Å²) in [4.78, 5) is 17.7. The lowest BCUT2D eigenvalue weighted by Gasteiger charge is -2.47. The number of hydrogen-bond donors (Lipinski definition) is 1. The number of aliphatic hydroxyl groups is 1. The third-order valence-electron chi connectivity index (χ3n) is 7.12. The molecule has 3 atom stereocenters. The molecule has 3 fully saturated rings. The molecule has 4 aliphatic heterocycles. The monoisotopic (exact) mass is 394 g/mol. The maximum atomic E-state index is 13.5. The summed E-state index contributed by atoms with van der Waals surface area (Å²) in [6, 6.07) is 14.2. The van der Waals surface area contributed by atoms with E-state index in [1.165, 1.54) is 17.7 Å². The molecule has 152 valence electrons. The summed E-state index contributed by atoms with van der Waals surface area (Å²) in [5, 5.41) is 11.1. The van der Waals surface area contributed by atoms with Gasteiger partial charge >= 0.3 is 0 Å². The standard InChI is InChI=1S/C24H27FN2O2/c25-19-7-5-18(6-8-19)22-20-4-2-1-3-16(20)11-14-27(22)24(29)23(28)21-15-26-12-9-17(21)10-13-26/h1-8,17,21-23,28H,9-15H2/t21?,22-,23-/m0/s1. The van der Waals surface area contributed by atoms with Gasteiger partial charge in [0.15, 0.2) is 0 Å². The number of fused-ring (bicyclic) bond motifs is 4. The van der Waals surface area contributed by atoms with Crippen LogP contribution in [0.5, 0.6) is 0 Å². The number of rotatable bonds is 3. The first-order chi connectivity index (χ1) is 14.1. The van der Waals surface area contributed by atoms with Crippen LogP contribution in [-0.2, 0) is 11.2 Å². The first-order valence-electron chi connectivity index (χ1n) is 10.7. The Morgan fingerprint density at radius 1 is 1.03 bits per heavy atom. The van der Waals surface area contributed by atoms with Gasteiger partial charge in [-0.15, -0.1) is 0 Å². The lowest BCUT2D eigenvalue weighted by Crippen LogP contribution is -2.56. The molecule has 0 saturated carbocycles. The molecule has 4 nitrogen and oxygen atoms in total. The Hall–Kier alpha value is -2.24. The van der Waals surface area contributed by atoms with Crippen molar-refractivity contribution < 1.29 is 14.3 Å². The van der Waals surface area contributed by atoms with Crippen molar-refractivity contribution in [2.45, 2.75) is 31.4 Å². The molecule has 0 aromatic heterocycles. The molecule has 1 unspecified atom stereocenters. The molecule has 5 heteroatoms. The number of carbonyl (C=O) groups excluding carboxylic acids is 1. The van der Waals surface area contributed by atoms with Gasteiger partial charge in [0.05, 0.1) is 6.04 Å². The van der Waals surface area contributed by atoms with Gasteiger partial charge in [-0.25, -0.2) is 4.39 Å². The fraction of sp³-hybridized carbons (Fsp3) is 0.458. The van der Waals surface area contributed by atoms with Gasteiger partial charge in [-0.05, 0) is 67.1 Å². The molecule has 4 aliphatic rings. The maximum Gasteiger partial charge on any atom is 0.252 e. The van der Waals surface area contributed by atoms with Crippen LogP contribution in [0, 0.1) is 17.7 Å². The number of aliphatic hydroxyl groups excluding tert-OH is 1. The minimum atomic E-state index is -0.976. The first kappa shape index (κ1) is 18.8. The van der Waals surface area contributed by atoms with Crippen molar-refractivity contribution >= 4 is 5.91 Å². The smallest absolute Gasteiger partial charge is 0.252 e. The molecule has 0 radical (unpaired) electrons. The van der Waals surface area contributed by atoms with Crippen molar-refractivity contribution in [2.24, 2.45) is 11.8 Å². The Balaban J connectivity index is 1.47. The summed E-state index contributed by atoms with van der Waals surface area (Å²) in [6.45, 7) is 3.54. The average Bonchev–Trinajstić information content (AvgIpc) is 2.78. The largest absolute Gasteiger partial charge is 0.383 e. The summed E-state index contributed by atoms with van der Waals surface area (Å²) in [6.07, 6.45) is 1.93. The van der Waals surface area contributed by atoms with Crippen molar-refractivity contribution in [1.29, 1.82) is 0 Å². The minimum absolute atomic E-state index is 0.0102. The van der Waals surface area contributed by atoms with Crippen LogP contribution in [0.2, 0.25) is 0 Å². The van der Waals surface area contributed by atoms with Gasteiger partial charge in [0.25, 0.3) is 5.91 Å². The highest BCUT2D eigenvalue weighted by Crippen LogP contribution is 2.39.